The van der Waals surface area contributed by atoms with Crippen LogP contribution in [0.15, 0.2) is 41.5 Å². The van der Waals surface area contributed by atoms with Crippen LogP contribution >= 0.6 is 11.8 Å². The highest BCUT2D eigenvalue weighted by Crippen LogP contribution is 2.31. The highest BCUT2D eigenvalue weighted by molar-refractivity contribution is 7.99. The standard InChI is InChI=1S/C12H13F3OS/c1-8(9(2)16)7-17-11-5-3-10(4-6-11)12(13,14)15/h3-6,8,16H,2,7H2,1H3. The van der Waals surface area contributed by atoms with Crippen molar-refractivity contribution in [1.82, 2.24) is 0 Å². The molecule has 1 rings (SSSR count). The lowest BCUT2D eigenvalue weighted by atomic mass is 10.2. The number of halogens is 3. The first-order valence-electron chi connectivity index (χ1n) is 4.98. The van der Waals surface area contributed by atoms with Gasteiger partial charge in [-0.05, 0) is 24.3 Å². The van der Waals surface area contributed by atoms with Crippen molar-refractivity contribution in [3.8, 4) is 0 Å². The second-order valence-corrected chi connectivity index (χ2v) is 4.82. The summed E-state index contributed by atoms with van der Waals surface area (Å²) in [5, 5.41) is 9.09. The lowest BCUT2D eigenvalue weighted by Crippen LogP contribution is -2.04. The molecule has 0 saturated heterocycles. The average molecular weight is 262 g/mol. The second-order valence-electron chi connectivity index (χ2n) is 3.73. The topological polar surface area (TPSA) is 20.2 Å². The third kappa shape index (κ3) is 4.34. The zero-order valence-electron chi connectivity index (χ0n) is 9.29. The molecular weight excluding hydrogens is 249 g/mol. The SMILES string of the molecule is C=C(O)C(C)CSc1ccc(C(F)(F)F)cc1. The number of aliphatic hydroxyl groups is 1. The number of alkyl halides is 3. The summed E-state index contributed by atoms with van der Waals surface area (Å²) in [7, 11) is 0. The summed E-state index contributed by atoms with van der Waals surface area (Å²) in [6.45, 7) is 5.21. The molecule has 1 N–H and O–H groups in total. The van der Waals surface area contributed by atoms with Gasteiger partial charge in [0.05, 0.1) is 11.3 Å². The predicted octanol–water partition coefficient (Wildman–Crippen LogP) is 4.51. The van der Waals surface area contributed by atoms with Crippen LogP contribution < -0.4 is 0 Å². The summed E-state index contributed by atoms with van der Waals surface area (Å²) in [5.74, 6) is 0.590. The molecule has 0 spiro atoms. The van der Waals surface area contributed by atoms with Crippen molar-refractivity contribution >= 4 is 11.8 Å². The van der Waals surface area contributed by atoms with Crippen LogP contribution in [0.2, 0.25) is 0 Å². The Balaban J connectivity index is 2.60. The molecule has 0 radical (unpaired) electrons. The van der Waals surface area contributed by atoms with E-state index in [4.69, 9.17) is 5.11 Å². The van der Waals surface area contributed by atoms with Crippen LogP contribution in [0.1, 0.15) is 12.5 Å². The Hall–Kier alpha value is -1.10. The fraction of sp³-hybridized carbons (Fsp3) is 0.333. The maximum absolute atomic E-state index is 12.3. The van der Waals surface area contributed by atoms with Gasteiger partial charge in [-0.25, -0.2) is 0 Å². The third-order valence-corrected chi connectivity index (χ3v) is 3.52. The molecule has 0 aromatic heterocycles. The molecule has 17 heavy (non-hydrogen) atoms. The van der Waals surface area contributed by atoms with Crippen LogP contribution in [0, 0.1) is 5.92 Å². The van der Waals surface area contributed by atoms with Gasteiger partial charge in [0.1, 0.15) is 0 Å². The van der Waals surface area contributed by atoms with E-state index >= 15 is 0 Å². The van der Waals surface area contributed by atoms with Crippen molar-refractivity contribution in [2.75, 3.05) is 5.75 Å². The van der Waals surface area contributed by atoms with Gasteiger partial charge in [-0.1, -0.05) is 13.5 Å². The maximum atomic E-state index is 12.3. The smallest absolute Gasteiger partial charge is 0.416 e. The molecule has 5 heteroatoms. The summed E-state index contributed by atoms with van der Waals surface area (Å²) < 4.78 is 36.9. The van der Waals surface area contributed by atoms with Crippen molar-refractivity contribution in [2.45, 2.75) is 18.0 Å². The van der Waals surface area contributed by atoms with Gasteiger partial charge in [0.25, 0.3) is 0 Å². The van der Waals surface area contributed by atoms with Crippen molar-refractivity contribution in [3.63, 3.8) is 0 Å². The largest absolute Gasteiger partial charge is 0.513 e. The highest BCUT2D eigenvalue weighted by atomic mass is 32.2. The minimum atomic E-state index is -4.30. The molecule has 0 fully saturated rings. The number of benzene rings is 1. The van der Waals surface area contributed by atoms with E-state index in [0.29, 0.717) is 5.75 Å². The Labute approximate surface area is 102 Å². The van der Waals surface area contributed by atoms with Gasteiger partial charge in [-0.15, -0.1) is 11.8 Å². The summed E-state index contributed by atoms with van der Waals surface area (Å²) in [5.41, 5.74) is -0.651. The summed E-state index contributed by atoms with van der Waals surface area (Å²) in [4.78, 5) is 0.742. The van der Waals surface area contributed by atoms with Crippen LogP contribution in [0.3, 0.4) is 0 Å². The predicted molar refractivity (Wildman–Crippen MR) is 63.1 cm³/mol. The van der Waals surface area contributed by atoms with Gasteiger partial charge < -0.3 is 5.11 Å². The molecular formula is C12H13F3OS. The molecule has 1 atom stereocenters. The van der Waals surface area contributed by atoms with Crippen molar-refractivity contribution < 1.29 is 18.3 Å². The zero-order chi connectivity index (χ0) is 13.1. The van der Waals surface area contributed by atoms with E-state index in [1.807, 2.05) is 0 Å². The van der Waals surface area contributed by atoms with E-state index in [2.05, 4.69) is 6.58 Å². The molecule has 0 aliphatic heterocycles. The Morgan fingerprint density at radius 3 is 2.29 bits per heavy atom. The highest BCUT2D eigenvalue weighted by Gasteiger charge is 2.29. The van der Waals surface area contributed by atoms with E-state index in [-0.39, 0.29) is 11.7 Å². The summed E-state index contributed by atoms with van der Waals surface area (Å²) in [6.07, 6.45) is -4.30. The van der Waals surface area contributed by atoms with Crippen LogP contribution in [-0.2, 0) is 6.18 Å². The molecule has 0 aliphatic rings. The quantitative estimate of drug-likeness (QED) is 0.636. The molecule has 0 amide bonds. The average Bonchev–Trinajstić information content (AvgIpc) is 2.25. The number of rotatable bonds is 4. The van der Waals surface area contributed by atoms with E-state index in [1.165, 1.54) is 23.9 Å². The zero-order valence-corrected chi connectivity index (χ0v) is 10.1. The minimum Gasteiger partial charge on any atom is -0.513 e. The second kappa shape index (κ2) is 5.49. The monoisotopic (exact) mass is 262 g/mol. The van der Waals surface area contributed by atoms with E-state index < -0.39 is 11.7 Å². The number of hydrogen-bond donors (Lipinski definition) is 1. The molecule has 1 aromatic carbocycles. The number of aliphatic hydroxyl groups excluding tert-OH is 1. The first-order chi connectivity index (χ1) is 7.80. The van der Waals surface area contributed by atoms with E-state index in [0.717, 1.165) is 17.0 Å². The first-order valence-corrected chi connectivity index (χ1v) is 5.97. The maximum Gasteiger partial charge on any atom is 0.416 e. The van der Waals surface area contributed by atoms with Crippen LogP contribution in [0.25, 0.3) is 0 Å². The molecule has 0 heterocycles. The fourth-order valence-electron chi connectivity index (χ4n) is 1.06. The van der Waals surface area contributed by atoms with Crippen molar-refractivity contribution in [3.05, 3.63) is 42.2 Å². The fourth-order valence-corrected chi connectivity index (χ4v) is 2.02. The number of allylic oxidation sites excluding steroid dienone is 1. The molecule has 0 bridgehead atoms. The van der Waals surface area contributed by atoms with Crippen molar-refractivity contribution in [1.29, 1.82) is 0 Å². The van der Waals surface area contributed by atoms with Crippen LogP contribution in [0.4, 0.5) is 13.2 Å². The van der Waals surface area contributed by atoms with E-state index in [1.54, 1.807) is 6.92 Å². The van der Waals surface area contributed by atoms with Gasteiger partial charge in [-0.2, -0.15) is 13.2 Å². The van der Waals surface area contributed by atoms with Crippen molar-refractivity contribution in [2.24, 2.45) is 5.92 Å². The molecule has 1 unspecified atom stereocenters. The number of hydrogen-bond acceptors (Lipinski definition) is 2. The van der Waals surface area contributed by atoms with Crippen LogP contribution in [0.5, 0.6) is 0 Å². The van der Waals surface area contributed by atoms with Gasteiger partial charge in [0, 0.05) is 16.6 Å². The first kappa shape index (κ1) is 14.0. The number of thioether (sulfide) groups is 1. The van der Waals surface area contributed by atoms with Gasteiger partial charge >= 0.3 is 6.18 Å². The van der Waals surface area contributed by atoms with E-state index in [9.17, 15) is 13.2 Å². The van der Waals surface area contributed by atoms with Crippen LogP contribution in [-0.4, -0.2) is 10.9 Å². The molecule has 1 aromatic rings. The Bertz CT molecular complexity index is 384. The lowest BCUT2D eigenvalue weighted by molar-refractivity contribution is -0.137. The Morgan fingerprint density at radius 1 is 1.35 bits per heavy atom. The normalized spacial score (nSPS) is 13.4. The van der Waals surface area contributed by atoms with Gasteiger partial charge in [0.2, 0.25) is 0 Å². The van der Waals surface area contributed by atoms with Gasteiger partial charge in [0.15, 0.2) is 0 Å². The molecule has 1 nitrogen and oxygen atoms in total. The molecule has 0 saturated carbocycles. The lowest BCUT2D eigenvalue weighted by Gasteiger charge is -2.10. The summed E-state index contributed by atoms with van der Waals surface area (Å²) >= 11 is 1.39. The minimum absolute atomic E-state index is 0.0812. The Morgan fingerprint density at radius 2 is 1.88 bits per heavy atom. The summed E-state index contributed by atoms with van der Waals surface area (Å²) in [6, 6.07) is 4.97. The molecule has 0 aliphatic carbocycles. The molecule has 94 valence electrons. The third-order valence-electron chi connectivity index (χ3n) is 2.25. The Kier molecular flexibility index (Phi) is 4.51. The van der Waals surface area contributed by atoms with Gasteiger partial charge in [-0.3, -0.25) is 0 Å².